The van der Waals surface area contributed by atoms with Crippen LogP contribution in [0.15, 0.2) is 29.3 Å². The van der Waals surface area contributed by atoms with Gasteiger partial charge in [0.1, 0.15) is 12.4 Å². The van der Waals surface area contributed by atoms with Crippen molar-refractivity contribution in [1.29, 1.82) is 0 Å². The Labute approximate surface area is 164 Å². The van der Waals surface area contributed by atoms with Gasteiger partial charge in [-0.15, -0.1) is 0 Å². The Morgan fingerprint density at radius 2 is 2.00 bits per heavy atom. The maximum Gasteiger partial charge on any atom is 0.243 e. The van der Waals surface area contributed by atoms with Gasteiger partial charge in [-0.3, -0.25) is 0 Å². The van der Waals surface area contributed by atoms with Crippen LogP contribution in [0.3, 0.4) is 0 Å². The smallest absolute Gasteiger partial charge is 0.243 e. The molecule has 1 fully saturated rings. The molecule has 1 aromatic heterocycles. The van der Waals surface area contributed by atoms with E-state index in [1.165, 1.54) is 10.5 Å². The number of methoxy groups -OCH3 is 1. The first-order valence-electron chi connectivity index (χ1n) is 8.61. The first-order valence-corrected chi connectivity index (χ1v) is 10.4. The molecule has 146 valence electrons. The summed E-state index contributed by atoms with van der Waals surface area (Å²) in [5.41, 5.74) is 1.34. The van der Waals surface area contributed by atoms with E-state index in [0.29, 0.717) is 34.2 Å². The zero-order valence-electron chi connectivity index (χ0n) is 15.5. The lowest BCUT2D eigenvalue weighted by atomic mass is 10.1. The van der Waals surface area contributed by atoms with Crippen molar-refractivity contribution in [3.63, 3.8) is 0 Å². The average molecular weight is 412 g/mol. The summed E-state index contributed by atoms with van der Waals surface area (Å²) >= 11 is 5.76. The molecule has 0 amide bonds. The van der Waals surface area contributed by atoms with Crippen LogP contribution in [0.25, 0.3) is 0 Å². The number of aromatic nitrogens is 2. The molecule has 27 heavy (non-hydrogen) atoms. The number of halogens is 1. The lowest BCUT2D eigenvalue weighted by Gasteiger charge is -2.26. The van der Waals surface area contributed by atoms with Crippen molar-refractivity contribution in [2.24, 2.45) is 0 Å². The number of rotatable bonds is 6. The molecule has 2 heterocycles. The zero-order valence-corrected chi connectivity index (χ0v) is 17.0. The third-order valence-corrected chi connectivity index (χ3v) is 7.02. The number of sulfonamides is 1. The number of ether oxygens (including phenoxy) is 2. The molecule has 0 radical (unpaired) electrons. The topological polar surface area (TPSA) is 81.6 Å². The molecule has 0 aliphatic carbocycles. The molecule has 7 nitrogen and oxygen atoms in total. The molecule has 0 bridgehead atoms. The van der Waals surface area contributed by atoms with Crippen molar-refractivity contribution >= 4 is 21.6 Å². The molecule has 1 atom stereocenters. The van der Waals surface area contributed by atoms with Gasteiger partial charge >= 0.3 is 0 Å². The molecular formula is C18H22ClN3O4S. The van der Waals surface area contributed by atoms with Crippen LogP contribution in [0, 0.1) is 13.8 Å². The summed E-state index contributed by atoms with van der Waals surface area (Å²) in [4.78, 5) is 8.12. The molecule has 1 saturated heterocycles. The quantitative estimate of drug-likeness (QED) is 0.679. The molecule has 9 heteroatoms. The van der Waals surface area contributed by atoms with Crippen molar-refractivity contribution < 1.29 is 17.9 Å². The highest BCUT2D eigenvalue weighted by Gasteiger charge is 2.37. The van der Waals surface area contributed by atoms with Crippen LogP contribution in [0.4, 0.5) is 0 Å². The fourth-order valence-electron chi connectivity index (χ4n) is 3.43. The molecule has 0 N–H and O–H groups in total. The minimum absolute atomic E-state index is 0.0906. The maximum atomic E-state index is 13.3. The monoisotopic (exact) mass is 411 g/mol. The Kier molecular flexibility index (Phi) is 5.88. The second-order valence-corrected chi connectivity index (χ2v) is 8.64. The van der Waals surface area contributed by atoms with E-state index in [4.69, 9.17) is 21.1 Å². The van der Waals surface area contributed by atoms with Gasteiger partial charge in [0.25, 0.3) is 0 Å². The fourth-order valence-corrected chi connectivity index (χ4v) is 5.66. The van der Waals surface area contributed by atoms with Crippen LogP contribution in [0.1, 0.15) is 24.0 Å². The van der Waals surface area contributed by atoms with E-state index in [1.54, 1.807) is 39.2 Å². The molecule has 1 aliphatic rings. The Hall–Kier alpha value is -1.90. The van der Waals surface area contributed by atoms with Gasteiger partial charge in [0.15, 0.2) is 0 Å². The lowest BCUT2D eigenvalue weighted by Crippen LogP contribution is -2.39. The number of nitrogens with zero attached hydrogens (tertiary/aromatic N) is 3. The van der Waals surface area contributed by atoms with Crippen molar-refractivity contribution in [2.45, 2.75) is 37.6 Å². The van der Waals surface area contributed by atoms with Crippen molar-refractivity contribution in [3.05, 3.63) is 40.8 Å². The van der Waals surface area contributed by atoms with E-state index in [1.807, 2.05) is 0 Å². The van der Waals surface area contributed by atoms with E-state index in [0.717, 1.165) is 12.8 Å². The van der Waals surface area contributed by atoms with Crippen LogP contribution in [0.2, 0.25) is 5.28 Å². The van der Waals surface area contributed by atoms with Crippen LogP contribution >= 0.6 is 11.6 Å². The van der Waals surface area contributed by atoms with Gasteiger partial charge in [0.05, 0.1) is 18.0 Å². The fraction of sp³-hybridized carbons (Fsp3) is 0.444. The SMILES string of the molecule is COc1cc(C)c(S(=O)(=O)N2CCC[C@H]2COc2ccnc(Cl)n2)c(C)c1. The predicted molar refractivity (Wildman–Crippen MR) is 102 cm³/mol. The van der Waals surface area contributed by atoms with Crippen molar-refractivity contribution in [2.75, 3.05) is 20.3 Å². The third-order valence-electron chi connectivity index (χ3n) is 4.58. The highest BCUT2D eigenvalue weighted by molar-refractivity contribution is 7.89. The van der Waals surface area contributed by atoms with Gasteiger partial charge in [-0.2, -0.15) is 9.29 Å². The number of aryl methyl sites for hydroxylation is 2. The van der Waals surface area contributed by atoms with E-state index in [2.05, 4.69) is 9.97 Å². The third kappa shape index (κ3) is 4.17. The normalized spacial score (nSPS) is 17.9. The number of hydrogen-bond donors (Lipinski definition) is 0. The Morgan fingerprint density at radius 1 is 1.30 bits per heavy atom. The summed E-state index contributed by atoms with van der Waals surface area (Å²) in [6.45, 7) is 4.24. The van der Waals surface area contributed by atoms with Crippen molar-refractivity contribution in [3.8, 4) is 11.6 Å². The van der Waals surface area contributed by atoms with Crippen LogP contribution in [-0.2, 0) is 10.0 Å². The molecule has 1 aromatic carbocycles. The Balaban J connectivity index is 1.83. The molecule has 1 aliphatic heterocycles. The summed E-state index contributed by atoms with van der Waals surface area (Å²) in [7, 11) is -2.08. The summed E-state index contributed by atoms with van der Waals surface area (Å²) in [5, 5.41) is 0.0906. The average Bonchev–Trinajstić information content (AvgIpc) is 3.08. The van der Waals surface area contributed by atoms with Crippen LogP contribution in [0.5, 0.6) is 11.6 Å². The van der Waals surface area contributed by atoms with Crippen LogP contribution < -0.4 is 9.47 Å². The largest absolute Gasteiger partial charge is 0.497 e. The number of hydrogen-bond acceptors (Lipinski definition) is 6. The first kappa shape index (κ1) is 19.9. The van der Waals surface area contributed by atoms with E-state index >= 15 is 0 Å². The Bertz CT molecular complexity index is 913. The van der Waals surface area contributed by atoms with Gasteiger partial charge in [0, 0.05) is 18.8 Å². The Morgan fingerprint density at radius 3 is 2.63 bits per heavy atom. The van der Waals surface area contributed by atoms with E-state index in [-0.39, 0.29) is 17.9 Å². The summed E-state index contributed by atoms with van der Waals surface area (Å²) in [6, 6.07) is 4.82. The second kappa shape index (κ2) is 8.00. The van der Waals surface area contributed by atoms with Gasteiger partial charge in [0.2, 0.25) is 21.2 Å². The van der Waals surface area contributed by atoms with Gasteiger partial charge in [-0.1, -0.05) is 0 Å². The second-order valence-electron chi connectivity index (χ2n) is 6.48. The van der Waals surface area contributed by atoms with Gasteiger partial charge in [-0.05, 0) is 61.5 Å². The molecule has 0 unspecified atom stereocenters. The molecular weight excluding hydrogens is 390 g/mol. The van der Waals surface area contributed by atoms with Gasteiger partial charge in [-0.25, -0.2) is 13.4 Å². The minimum atomic E-state index is -3.65. The highest BCUT2D eigenvalue weighted by atomic mass is 35.5. The molecule has 0 saturated carbocycles. The first-order chi connectivity index (χ1) is 12.8. The minimum Gasteiger partial charge on any atom is -0.497 e. The van der Waals surface area contributed by atoms with Gasteiger partial charge < -0.3 is 9.47 Å². The number of benzene rings is 1. The summed E-state index contributed by atoms with van der Waals surface area (Å²) in [5.74, 6) is 0.974. The van der Waals surface area contributed by atoms with Crippen LogP contribution in [-0.4, -0.2) is 49.0 Å². The standard InChI is InChI=1S/C18H22ClN3O4S/c1-12-9-15(25-3)10-13(2)17(12)27(23,24)22-8-4-5-14(22)11-26-16-6-7-20-18(19)21-16/h6-7,9-10,14H,4-5,8,11H2,1-3H3/t14-/m0/s1. The molecule has 3 rings (SSSR count). The summed E-state index contributed by atoms with van der Waals surface area (Å²) < 4.78 is 39.1. The van der Waals surface area contributed by atoms with E-state index in [9.17, 15) is 8.42 Å². The summed E-state index contributed by atoms with van der Waals surface area (Å²) in [6.07, 6.45) is 3.01. The molecule has 0 spiro atoms. The van der Waals surface area contributed by atoms with E-state index < -0.39 is 10.0 Å². The highest BCUT2D eigenvalue weighted by Crippen LogP contribution is 2.32. The molecule has 2 aromatic rings. The van der Waals surface area contributed by atoms with Crippen molar-refractivity contribution in [1.82, 2.24) is 14.3 Å². The zero-order chi connectivity index (χ0) is 19.6. The lowest BCUT2D eigenvalue weighted by molar-refractivity contribution is 0.225. The maximum absolute atomic E-state index is 13.3. The predicted octanol–water partition coefficient (Wildman–Crippen LogP) is 2.99.